The van der Waals surface area contributed by atoms with Crippen LogP contribution < -0.4 is 5.32 Å². The van der Waals surface area contributed by atoms with Crippen molar-refractivity contribution in [3.63, 3.8) is 0 Å². The molecule has 3 rings (SSSR count). The van der Waals surface area contributed by atoms with Gasteiger partial charge in [-0.2, -0.15) is 0 Å². The van der Waals surface area contributed by atoms with Crippen LogP contribution in [-0.4, -0.2) is 16.6 Å². The molecule has 0 radical (unpaired) electrons. The first-order valence-corrected chi connectivity index (χ1v) is 9.52. The molecule has 3 nitrogen and oxygen atoms in total. The second-order valence-electron chi connectivity index (χ2n) is 5.09. The standard InChI is InChI=1S/C17H14ClFN2OS2/c18-11-3-8-14-15(10-11)24-17(20-14)21-16(22)2-1-9-23-13-6-4-12(19)5-7-13/h3-8,10H,1-2,9H2,(H,20,21,22). The number of halogens is 2. The van der Waals surface area contributed by atoms with E-state index in [4.69, 9.17) is 11.6 Å². The van der Waals surface area contributed by atoms with Gasteiger partial charge in [-0.25, -0.2) is 9.37 Å². The molecule has 1 amide bonds. The molecule has 0 aliphatic heterocycles. The smallest absolute Gasteiger partial charge is 0.226 e. The average Bonchev–Trinajstić information content (AvgIpc) is 2.94. The Hall–Kier alpha value is -1.63. The van der Waals surface area contributed by atoms with Crippen LogP contribution in [0.4, 0.5) is 9.52 Å². The summed E-state index contributed by atoms with van der Waals surface area (Å²) in [5.74, 6) is 0.504. The van der Waals surface area contributed by atoms with Crippen LogP contribution in [0.2, 0.25) is 5.02 Å². The van der Waals surface area contributed by atoms with Crippen molar-refractivity contribution in [3.8, 4) is 0 Å². The topological polar surface area (TPSA) is 42.0 Å². The van der Waals surface area contributed by atoms with Gasteiger partial charge in [0, 0.05) is 16.3 Å². The molecular formula is C17H14ClFN2OS2. The number of hydrogen-bond donors (Lipinski definition) is 1. The minimum absolute atomic E-state index is 0.0557. The maximum atomic E-state index is 12.8. The first kappa shape index (κ1) is 17.2. The number of thioether (sulfide) groups is 1. The van der Waals surface area contributed by atoms with Crippen molar-refractivity contribution >= 4 is 56.0 Å². The predicted molar refractivity (Wildman–Crippen MR) is 99.6 cm³/mol. The number of thiazole rings is 1. The molecule has 7 heteroatoms. The Labute approximate surface area is 152 Å². The van der Waals surface area contributed by atoms with Crippen LogP contribution in [0, 0.1) is 5.82 Å². The van der Waals surface area contributed by atoms with Gasteiger partial charge in [-0.3, -0.25) is 4.79 Å². The Morgan fingerprint density at radius 2 is 2.04 bits per heavy atom. The lowest BCUT2D eigenvalue weighted by molar-refractivity contribution is -0.116. The molecule has 124 valence electrons. The first-order chi connectivity index (χ1) is 11.6. The number of nitrogens with zero attached hydrogens (tertiary/aromatic N) is 1. The average molecular weight is 381 g/mol. The third-order valence-corrected chi connectivity index (χ3v) is 5.49. The highest BCUT2D eigenvalue weighted by molar-refractivity contribution is 7.99. The van der Waals surface area contributed by atoms with E-state index in [-0.39, 0.29) is 11.7 Å². The summed E-state index contributed by atoms with van der Waals surface area (Å²) in [4.78, 5) is 17.3. The number of fused-ring (bicyclic) bond motifs is 1. The number of anilines is 1. The van der Waals surface area contributed by atoms with E-state index in [1.54, 1.807) is 30.0 Å². The maximum absolute atomic E-state index is 12.8. The summed E-state index contributed by atoms with van der Waals surface area (Å²) in [7, 11) is 0. The minimum atomic E-state index is -0.240. The third-order valence-electron chi connectivity index (χ3n) is 3.23. The van der Waals surface area contributed by atoms with Gasteiger partial charge in [0.25, 0.3) is 0 Å². The fourth-order valence-corrected chi connectivity index (χ4v) is 4.10. The molecule has 0 bridgehead atoms. The molecule has 1 aromatic heterocycles. The minimum Gasteiger partial charge on any atom is -0.302 e. The van der Waals surface area contributed by atoms with Crippen molar-refractivity contribution in [2.75, 3.05) is 11.1 Å². The van der Waals surface area contributed by atoms with E-state index in [1.165, 1.54) is 23.5 Å². The molecule has 0 aliphatic carbocycles. The number of amides is 1. The van der Waals surface area contributed by atoms with Crippen molar-refractivity contribution in [1.82, 2.24) is 4.98 Å². The highest BCUT2D eigenvalue weighted by Gasteiger charge is 2.08. The molecule has 0 unspecified atom stereocenters. The number of nitrogens with one attached hydrogen (secondary N) is 1. The summed E-state index contributed by atoms with van der Waals surface area (Å²) in [6, 6.07) is 11.8. The summed E-state index contributed by atoms with van der Waals surface area (Å²) in [6.07, 6.45) is 1.16. The molecule has 1 heterocycles. The second kappa shape index (κ2) is 7.96. The lowest BCUT2D eigenvalue weighted by Crippen LogP contribution is -2.11. The zero-order valence-corrected chi connectivity index (χ0v) is 15.0. The van der Waals surface area contributed by atoms with Crippen LogP contribution in [-0.2, 0) is 4.79 Å². The third kappa shape index (κ3) is 4.69. The summed E-state index contributed by atoms with van der Waals surface area (Å²) in [6.45, 7) is 0. The molecule has 1 N–H and O–H groups in total. The summed E-state index contributed by atoms with van der Waals surface area (Å²) < 4.78 is 13.8. The summed E-state index contributed by atoms with van der Waals surface area (Å²) in [5, 5.41) is 4.06. The lowest BCUT2D eigenvalue weighted by atomic mass is 10.3. The molecule has 0 saturated carbocycles. The van der Waals surface area contributed by atoms with Gasteiger partial charge in [0.2, 0.25) is 5.91 Å². The molecule has 0 fully saturated rings. The van der Waals surface area contributed by atoms with Gasteiger partial charge in [-0.1, -0.05) is 22.9 Å². The van der Waals surface area contributed by atoms with Crippen LogP contribution in [0.15, 0.2) is 47.4 Å². The second-order valence-corrected chi connectivity index (χ2v) is 7.72. The SMILES string of the molecule is O=C(CCCSc1ccc(F)cc1)Nc1nc2ccc(Cl)cc2s1. The first-order valence-electron chi connectivity index (χ1n) is 7.34. The Balaban J connectivity index is 1.45. The number of carbonyl (C=O) groups is 1. The summed E-state index contributed by atoms with van der Waals surface area (Å²) in [5.41, 5.74) is 0.826. The molecule has 24 heavy (non-hydrogen) atoms. The molecule has 0 spiro atoms. The highest BCUT2D eigenvalue weighted by atomic mass is 35.5. The van der Waals surface area contributed by atoms with E-state index in [0.717, 1.165) is 27.3 Å². The van der Waals surface area contributed by atoms with Gasteiger partial charge >= 0.3 is 0 Å². The Morgan fingerprint density at radius 3 is 2.83 bits per heavy atom. The van der Waals surface area contributed by atoms with E-state index in [9.17, 15) is 9.18 Å². The largest absolute Gasteiger partial charge is 0.302 e. The predicted octanol–water partition coefficient (Wildman–Crippen LogP) is 5.60. The van der Waals surface area contributed by atoms with Crippen molar-refractivity contribution in [3.05, 3.63) is 53.3 Å². The van der Waals surface area contributed by atoms with Gasteiger partial charge in [-0.15, -0.1) is 11.8 Å². The van der Waals surface area contributed by atoms with Crippen LogP contribution in [0.5, 0.6) is 0 Å². The van der Waals surface area contributed by atoms with Crippen molar-refractivity contribution in [1.29, 1.82) is 0 Å². The Bertz CT molecular complexity index is 851. The van der Waals surface area contributed by atoms with Gasteiger partial charge < -0.3 is 5.32 Å². The molecule has 0 saturated heterocycles. The Morgan fingerprint density at radius 1 is 1.25 bits per heavy atom. The zero-order valence-electron chi connectivity index (χ0n) is 12.6. The maximum Gasteiger partial charge on any atom is 0.226 e. The molecular weight excluding hydrogens is 367 g/mol. The monoisotopic (exact) mass is 380 g/mol. The number of aromatic nitrogens is 1. The fraction of sp³-hybridized carbons (Fsp3) is 0.176. The van der Waals surface area contributed by atoms with E-state index in [1.807, 2.05) is 12.1 Å². The number of rotatable bonds is 6. The van der Waals surface area contributed by atoms with Crippen LogP contribution in [0.3, 0.4) is 0 Å². The van der Waals surface area contributed by atoms with E-state index in [2.05, 4.69) is 10.3 Å². The Kier molecular flexibility index (Phi) is 5.71. The van der Waals surface area contributed by atoms with E-state index in [0.29, 0.717) is 16.6 Å². The van der Waals surface area contributed by atoms with Crippen LogP contribution in [0.1, 0.15) is 12.8 Å². The van der Waals surface area contributed by atoms with E-state index < -0.39 is 0 Å². The fourth-order valence-electron chi connectivity index (χ4n) is 2.09. The van der Waals surface area contributed by atoms with Gasteiger partial charge in [0.05, 0.1) is 10.2 Å². The molecule has 0 aliphatic rings. The number of carbonyl (C=O) groups excluding carboxylic acids is 1. The quantitative estimate of drug-likeness (QED) is 0.447. The van der Waals surface area contributed by atoms with Gasteiger partial charge in [0.15, 0.2) is 5.13 Å². The summed E-state index contributed by atoms with van der Waals surface area (Å²) >= 11 is 8.96. The van der Waals surface area contributed by atoms with Crippen molar-refractivity contribution in [2.24, 2.45) is 0 Å². The number of hydrogen-bond acceptors (Lipinski definition) is 4. The molecule has 0 atom stereocenters. The van der Waals surface area contributed by atoms with Gasteiger partial charge in [0.1, 0.15) is 5.82 Å². The molecule has 2 aromatic carbocycles. The molecule has 3 aromatic rings. The van der Waals surface area contributed by atoms with Gasteiger partial charge in [-0.05, 0) is 54.6 Å². The van der Waals surface area contributed by atoms with E-state index >= 15 is 0 Å². The zero-order chi connectivity index (χ0) is 16.9. The number of benzene rings is 2. The van der Waals surface area contributed by atoms with Crippen molar-refractivity contribution < 1.29 is 9.18 Å². The van der Waals surface area contributed by atoms with Crippen LogP contribution in [0.25, 0.3) is 10.2 Å². The normalized spacial score (nSPS) is 10.9. The van der Waals surface area contributed by atoms with Crippen molar-refractivity contribution in [2.45, 2.75) is 17.7 Å². The van der Waals surface area contributed by atoms with Crippen LogP contribution >= 0.6 is 34.7 Å². The highest BCUT2D eigenvalue weighted by Crippen LogP contribution is 2.28. The lowest BCUT2D eigenvalue weighted by Gasteiger charge is -2.02.